The quantitative estimate of drug-likeness (QED) is 0.246. The maximum Gasteiger partial charge on any atom is 0.343 e. The van der Waals surface area contributed by atoms with E-state index >= 15 is 0 Å². The maximum absolute atomic E-state index is 12.2. The normalized spacial score (nSPS) is 10.7. The molecule has 4 heteroatoms. The van der Waals surface area contributed by atoms with Gasteiger partial charge >= 0.3 is 5.97 Å². The fourth-order valence-electron chi connectivity index (χ4n) is 2.38. The van der Waals surface area contributed by atoms with Crippen molar-refractivity contribution in [3.63, 3.8) is 0 Å². The van der Waals surface area contributed by atoms with Crippen LogP contribution in [0.1, 0.15) is 31.8 Å². The minimum Gasteiger partial charge on any atom is -0.423 e. The number of carbonyl (C=O) groups excluding carboxylic acids is 2. The van der Waals surface area contributed by atoms with Crippen molar-refractivity contribution in [1.29, 1.82) is 0 Å². The molecule has 0 aliphatic carbocycles. The van der Waals surface area contributed by atoms with Crippen molar-refractivity contribution in [2.45, 2.75) is 6.92 Å². The first kappa shape index (κ1) is 18.6. The number of halogens is 1. The van der Waals surface area contributed by atoms with E-state index < -0.39 is 5.97 Å². The molecule has 0 aliphatic rings. The first-order chi connectivity index (χ1) is 13.0. The number of benzene rings is 3. The molecule has 0 radical (unpaired) electrons. The van der Waals surface area contributed by atoms with Gasteiger partial charge < -0.3 is 4.74 Å². The summed E-state index contributed by atoms with van der Waals surface area (Å²) < 4.78 is 5.33. The van der Waals surface area contributed by atoms with Crippen molar-refractivity contribution >= 4 is 29.4 Å². The lowest BCUT2D eigenvalue weighted by Crippen LogP contribution is -2.08. The van der Waals surface area contributed by atoms with Gasteiger partial charge in [-0.05, 0) is 55.0 Å². The van der Waals surface area contributed by atoms with E-state index in [2.05, 4.69) is 0 Å². The van der Waals surface area contributed by atoms with Crippen LogP contribution in [0.3, 0.4) is 0 Å². The Kier molecular flexibility index (Phi) is 5.84. The summed E-state index contributed by atoms with van der Waals surface area (Å²) in [7, 11) is 0. The molecule has 0 N–H and O–H groups in total. The van der Waals surface area contributed by atoms with Crippen LogP contribution in [0.5, 0.6) is 5.75 Å². The maximum atomic E-state index is 12.2. The highest BCUT2D eigenvalue weighted by atomic mass is 35.5. The van der Waals surface area contributed by atoms with Gasteiger partial charge in [0, 0.05) is 10.6 Å². The molecule has 0 saturated heterocycles. The van der Waals surface area contributed by atoms with Crippen LogP contribution >= 0.6 is 11.6 Å². The zero-order chi connectivity index (χ0) is 19.2. The molecule has 0 bridgehead atoms. The third-order valence-corrected chi connectivity index (χ3v) is 4.19. The molecule has 0 atom stereocenters. The SMILES string of the molecule is Cc1ccc(C(=O)C=Cc2ccc(OC(=O)c3ccc(Cl)cc3)cc2)cc1. The first-order valence-electron chi connectivity index (χ1n) is 8.38. The van der Waals surface area contributed by atoms with Crippen LogP contribution in [0, 0.1) is 6.92 Å². The number of ketones is 1. The van der Waals surface area contributed by atoms with Crippen LogP contribution < -0.4 is 4.74 Å². The first-order valence-corrected chi connectivity index (χ1v) is 8.76. The monoisotopic (exact) mass is 376 g/mol. The van der Waals surface area contributed by atoms with Gasteiger partial charge in [-0.2, -0.15) is 0 Å². The molecule has 3 aromatic rings. The molecular formula is C23H17ClO3. The van der Waals surface area contributed by atoms with Gasteiger partial charge in [-0.3, -0.25) is 4.79 Å². The predicted octanol–water partition coefficient (Wildman–Crippen LogP) is 5.76. The lowest BCUT2D eigenvalue weighted by atomic mass is 10.1. The lowest BCUT2D eigenvalue weighted by Gasteiger charge is -2.05. The topological polar surface area (TPSA) is 43.4 Å². The Bertz CT molecular complexity index is 970. The summed E-state index contributed by atoms with van der Waals surface area (Å²) in [6.45, 7) is 1.98. The van der Waals surface area contributed by atoms with Gasteiger partial charge in [0.15, 0.2) is 5.78 Å². The van der Waals surface area contributed by atoms with Gasteiger partial charge in [-0.15, -0.1) is 0 Å². The molecule has 0 saturated carbocycles. The summed E-state index contributed by atoms with van der Waals surface area (Å²) in [6, 6.07) is 20.9. The molecule has 0 spiro atoms. The molecule has 3 nitrogen and oxygen atoms in total. The van der Waals surface area contributed by atoms with Crippen LogP contribution in [-0.2, 0) is 0 Å². The van der Waals surface area contributed by atoms with Crippen molar-refractivity contribution in [2.75, 3.05) is 0 Å². The van der Waals surface area contributed by atoms with E-state index in [1.165, 1.54) is 6.08 Å². The van der Waals surface area contributed by atoms with Crippen molar-refractivity contribution in [3.8, 4) is 5.75 Å². The van der Waals surface area contributed by atoms with E-state index in [0.717, 1.165) is 11.1 Å². The van der Waals surface area contributed by atoms with Crippen LogP contribution in [0.15, 0.2) is 78.9 Å². The third-order valence-electron chi connectivity index (χ3n) is 3.93. The fourth-order valence-corrected chi connectivity index (χ4v) is 2.51. The van der Waals surface area contributed by atoms with Crippen molar-refractivity contribution in [3.05, 3.63) is 106 Å². The Morgan fingerprint density at radius 3 is 2.04 bits per heavy atom. The number of allylic oxidation sites excluding steroid dienone is 1. The smallest absolute Gasteiger partial charge is 0.343 e. The molecule has 0 amide bonds. The van der Waals surface area contributed by atoms with Crippen molar-refractivity contribution in [2.24, 2.45) is 0 Å². The Balaban J connectivity index is 1.62. The number of ether oxygens (including phenoxy) is 1. The molecular weight excluding hydrogens is 360 g/mol. The Labute approximate surface area is 162 Å². The number of aryl methyl sites for hydroxylation is 1. The summed E-state index contributed by atoms with van der Waals surface area (Å²) in [5.41, 5.74) is 3.01. The van der Waals surface area contributed by atoms with Crippen molar-refractivity contribution < 1.29 is 14.3 Å². The molecule has 3 aromatic carbocycles. The highest BCUT2D eigenvalue weighted by Crippen LogP contribution is 2.17. The van der Waals surface area contributed by atoms with Crippen LogP contribution in [0.4, 0.5) is 0 Å². The summed E-state index contributed by atoms with van der Waals surface area (Å²) in [4.78, 5) is 24.2. The number of carbonyl (C=O) groups is 2. The predicted molar refractivity (Wildman–Crippen MR) is 107 cm³/mol. The number of esters is 1. The molecule has 0 unspecified atom stereocenters. The van der Waals surface area contributed by atoms with E-state index in [9.17, 15) is 9.59 Å². The second-order valence-electron chi connectivity index (χ2n) is 6.03. The highest BCUT2D eigenvalue weighted by Gasteiger charge is 2.08. The minimum atomic E-state index is -0.454. The second kappa shape index (κ2) is 8.47. The summed E-state index contributed by atoms with van der Waals surface area (Å²) >= 11 is 5.81. The summed E-state index contributed by atoms with van der Waals surface area (Å²) in [5.74, 6) is -0.0882. The fraction of sp³-hybridized carbons (Fsp3) is 0.0435. The van der Waals surface area contributed by atoms with Crippen molar-refractivity contribution in [1.82, 2.24) is 0 Å². The number of rotatable bonds is 5. The van der Waals surface area contributed by atoms with Gasteiger partial charge in [0.2, 0.25) is 0 Å². The highest BCUT2D eigenvalue weighted by molar-refractivity contribution is 6.30. The largest absolute Gasteiger partial charge is 0.423 e. The zero-order valence-electron chi connectivity index (χ0n) is 14.7. The summed E-state index contributed by atoms with van der Waals surface area (Å²) in [5, 5.41) is 0.558. The zero-order valence-corrected chi connectivity index (χ0v) is 15.4. The lowest BCUT2D eigenvalue weighted by molar-refractivity contribution is 0.0734. The number of hydrogen-bond acceptors (Lipinski definition) is 3. The molecule has 0 aliphatic heterocycles. The van der Waals surface area contributed by atoms with Crippen LogP contribution in [0.2, 0.25) is 5.02 Å². The van der Waals surface area contributed by atoms with E-state index in [4.69, 9.17) is 16.3 Å². The molecule has 3 rings (SSSR count). The van der Waals surface area contributed by atoms with Gasteiger partial charge in [0.1, 0.15) is 5.75 Å². The molecule has 0 heterocycles. The van der Waals surface area contributed by atoms with E-state index in [0.29, 0.717) is 21.9 Å². The van der Waals surface area contributed by atoms with Crippen LogP contribution in [-0.4, -0.2) is 11.8 Å². The minimum absolute atomic E-state index is 0.0618. The molecule has 0 fully saturated rings. The van der Waals surface area contributed by atoms with E-state index in [-0.39, 0.29) is 5.78 Å². The van der Waals surface area contributed by atoms with Gasteiger partial charge in [0.25, 0.3) is 0 Å². The average Bonchev–Trinajstić information content (AvgIpc) is 2.68. The van der Waals surface area contributed by atoms with Gasteiger partial charge in [0.05, 0.1) is 5.56 Å². The Morgan fingerprint density at radius 2 is 1.41 bits per heavy atom. The van der Waals surface area contributed by atoms with Crippen LogP contribution in [0.25, 0.3) is 6.08 Å². The molecule has 134 valence electrons. The number of hydrogen-bond donors (Lipinski definition) is 0. The molecule has 27 heavy (non-hydrogen) atoms. The third kappa shape index (κ3) is 5.16. The van der Waals surface area contributed by atoms with Gasteiger partial charge in [-0.1, -0.05) is 59.6 Å². The average molecular weight is 377 g/mol. The Hall–Kier alpha value is -3.17. The second-order valence-corrected chi connectivity index (χ2v) is 6.47. The molecule has 0 aromatic heterocycles. The Morgan fingerprint density at radius 1 is 0.815 bits per heavy atom. The standard InChI is InChI=1S/C23H17ClO3/c1-16-2-7-18(8-3-16)22(25)15-6-17-4-13-21(14-5-17)27-23(26)19-9-11-20(24)12-10-19/h2-15H,1H3. The van der Waals surface area contributed by atoms with Gasteiger partial charge in [-0.25, -0.2) is 4.79 Å². The van der Waals surface area contributed by atoms with E-state index in [1.54, 1.807) is 66.7 Å². The summed E-state index contributed by atoms with van der Waals surface area (Å²) in [6.07, 6.45) is 3.26. The van der Waals surface area contributed by atoms with E-state index in [1.807, 2.05) is 19.1 Å².